The predicted molar refractivity (Wildman–Crippen MR) is 96.8 cm³/mol. The summed E-state index contributed by atoms with van der Waals surface area (Å²) in [6.07, 6.45) is 4.46. The second-order valence-electron chi connectivity index (χ2n) is 7.51. The van der Waals surface area contributed by atoms with Gasteiger partial charge in [0.25, 0.3) is 0 Å². The number of benzene rings is 1. The maximum Gasteiger partial charge on any atom is 0.419 e. The molecule has 2 heterocycles. The zero-order valence-electron chi connectivity index (χ0n) is 15.6. The summed E-state index contributed by atoms with van der Waals surface area (Å²) in [7, 11) is 0. The monoisotopic (exact) mass is 358 g/mol. The molecule has 6 nitrogen and oxygen atoms in total. The molecule has 0 N–H and O–H groups in total. The minimum absolute atomic E-state index is 0.0513. The van der Waals surface area contributed by atoms with Gasteiger partial charge in [0, 0.05) is 6.20 Å². The molecule has 1 aliphatic rings. The highest BCUT2D eigenvalue weighted by Crippen LogP contribution is 2.32. The fraction of sp³-hybridized carbons (Fsp3) is 0.500. The number of hydrogen-bond acceptors (Lipinski definition) is 5. The van der Waals surface area contributed by atoms with E-state index in [-0.39, 0.29) is 12.2 Å². The van der Waals surface area contributed by atoms with Crippen molar-refractivity contribution in [2.75, 3.05) is 6.61 Å². The van der Waals surface area contributed by atoms with Gasteiger partial charge >= 0.3 is 6.09 Å². The predicted octanol–water partition coefficient (Wildman–Crippen LogP) is 4.10. The summed E-state index contributed by atoms with van der Waals surface area (Å²) in [6.45, 7) is 6.64. The highest BCUT2D eigenvalue weighted by atomic mass is 16.6. The third kappa shape index (κ3) is 5.16. The summed E-state index contributed by atoms with van der Waals surface area (Å²) >= 11 is 0. The Labute approximate surface area is 154 Å². The molecule has 0 aliphatic carbocycles. The number of carbonyl (C=O) groups is 1. The summed E-state index contributed by atoms with van der Waals surface area (Å²) in [5, 5.41) is 0. The topological polar surface area (TPSA) is 62.6 Å². The van der Waals surface area contributed by atoms with Gasteiger partial charge in [0.2, 0.25) is 0 Å². The van der Waals surface area contributed by atoms with E-state index in [1.54, 1.807) is 6.20 Å². The molecule has 3 rings (SSSR count). The van der Waals surface area contributed by atoms with E-state index in [1.807, 2.05) is 51.1 Å². The van der Waals surface area contributed by atoms with E-state index in [0.717, 1.165) is 24.1 Å². The van der Waals surface area contributed by atoms with E-state index in [4.69, 9.17) is 14.2 Å². The second kappa shape index (κ2) is 8.01. The van der Waals surface area contributed by atoms with Crippen molar-refractivity contribution in [1.29, 1.82) is 0 Å². The lowest BCUT2D eigenvalue weighted by molar-refractivity contribution is -0.0215. The molecule has 0 saturated carbocycles. The number of carbonyl (C=O) groups excluding carboxylic acids is 1. The summed E-state index contributed by atoms with van der Waals surface area (Å²) in [5.41, 5.74) is 1.37. The van der Waals surface area contributed by atoms with Crippen molar-refractivity contribution in [2.45, 2.75) is 58.0 Å². The van der Waals surface area contributed by atoms with Gasteiger partial charge in [0.15, 0.2) is 0 Å². The molecule has 0 bridgehead atoms. The maximum absolute atomic E-state index is 12.1. The number of hydrogen-bond donors (Lipinski definition) is 0. The Morgan fingerprint density at radius 1 is 1.27 bits per heavy atom. The van der Waals surface area contributed by atoms with Gasteiger partial charge in [-0.1, -0.05) is 30.3 Å². The van der Waals surface area contributed by atoms with Gasteiger partial charge in [-0.15, -0.1) is 0 Å². The largest absolute Gasteiger partial charge is 0.443 e. The molecule has 2 atom stereocenters. The Morgan fingerprint density at radius 2 is 2.04 bits per heavy atom. The van der Waals surface area contributed by atoms with Gasteiger partial charge in [-0.05, 0) is 39.2 Å². The fourth-order valence-corrected chi connectivity index (χ4v) is 2.85. The molecule has 2 aromatic rings. The van der Waals surface area contributed by atoms with Crippen molar-refractivity contribution < 1.29 is 19.0 Å². The van der Waals surface area contributed by atoms with E-state index >= 15 is 0 Å². The standard InChI is InChI=1S/C20H26N2O4/c1-20(2,3)26-19(23)22-11-17(21-14-22)18-10-9-16(25-18)13-24-12-15-7-5-4-6-8-15/h4-8,11,14,16,18H,9-10,12-13H2,1-3H3/t16-,18+/m1/s1. The molecule has 140 valence electrons. The average molecular weight is 358 g/mol. The molecule has 1 aromatic heterocycles. The van der Waals surface area contributed by atoms with Crippen molar-refractivity contribution in [1.82, 2.24) is 9.55 Å². The van der Waals surface area contributed by atoms with Crippen LogP contribution in [0.15, 0.2) is 42.9 Å². The van der Waals surface area contributed by atoms with Gasteiger partial charge in [-0.2, -0.15) is 0 Å². The first kappa shape index (κ1) is 18.6. The zero-order chi connectivity index (χ0) is 18.6. The summed E-state index contributed by atoms with van der Waals surface area (Å²) in [5.74, 6) is 0. The highest BCUT2D eigenvalue weighted by Gasteiger charge is 2.29. The molecule has 0 unspecified atom stereocenters. The lowest BCUT2D eigenvalue weighted by Gasteiger charge is -2.19. The Kier molecular flexibility index (Phi) is 5.74. The number of ether oxygens (including phenoxy) is 3. The third-order valence-corrected chi connectivity index (χ3v) is 4.06. The van der Waals surface area contributed by atoms with Crippen LogP contribution in [0.5, 0.6) is 0 Å². The van der Waals surface area contributed by atoms with Crippen LogP contribution in [0.4, 0.5) is 4.79 Å². The van der Waals surface area contributed by atoms with Crippen LogP contribution in [0, 0.1) is 0 Å². The maximum atomic E-state index is 12.1. The minimum atomic E-state index is -0.535. The van der Waals surface area contributed by atoms with Gasteiger partial charge in [0.05, 0.1) is 25.0 Å². The second-order valence-corrected chi connectivity index (χ2v) is 7.51. The van der Waals surface area contributed by atoms with Crippen LogP contribution < -0.4 is 0 Å². The summed E-state index contributed by atoms with van der Waals surface area (Å²) < 4.78 is 18.5. The van der Waals surface area contributed by atoms with Crippen LogP contribution in [0.3, 0.4) is 0 Å². The van der Waals surface area contributed by atoms with E-state index in [0.29, 0.717) is 13.2 Å². The lowest BCUT2D eigenvalue weighted by Crippen LogP contribution is -2.26. The molecular formula is C20H26N2O4. The minimum Gasteiger partial charge on any atom is -0.443 e. The van der Waals surface area contributed by atoms with Gasteiger partial charge in [-0.3, -0.25) is 0 Å². The Hall–Kier alpha value is -2.18. The van der Waals surface area contributed by atoms with Gasteiger partial charge in [-0.25, -0.2) is 14.3 Å². The summed E-state index contributed by atoms with van der Waals surface area (Å²) in [6, 6.07) is 10.1. The highest BCUT2D eigenvalue weighted by molar-refractivity contribution is 5.70. The van der Waals surface area contributed by atoms with Crippen LogP contribution >= 0.6 is 0 Å². The molecule has 1 fully saturated rings. The molecule has 1 aromatic carbocycles. The zero-order valence-corrected chi connectivity index (χ0v) is 15.6. The van der Waals surface area contributed by atoms with E-state index < -0.39 is 11.7 Å². The number of rotatable bonds is 5. The van der Waals surface area contributed by atoms with Gasteiger partial charge < -0.3 is 14.2 Å². The summed E-state index contributed by atoms with van der Waals surface area (Å²) in [4.78, 5) is 16.4. The first-order valence-corrected chi connectivity index (χ1v) is 8.95. The number of nitrogens with zero attached hydrogens (tertiary/aromatic N) is 2. The van der Waals surface area contributed by atoms with Crippen LogP contribution in [-0.4, -0.2) is 34.0 Å². The first-order valence-electron chi connectivity index (χ1n) is 8.95. The molecule has 1 aliphatic heterocycles. The average Bonchev–Trinajstić information content (AvgIpc) is 3.23. The molecule has 0 spiro atoms. The Balaban J connectivity index is 1.47. The molecule has 6 heteroatoms. The van der Waals surface area contributed by atoms with E-state index in [2.05, 4.69) is 4.98 Å². The SMILES string of the molecule is CC(C)(C)OC(=O)n1cnc([C@@H]2CC[C@H](COCc3ccccc3)O2)c1. The van der Waals surface area contributed by atoms with Crippen LogP contribution in [0.1, 0.15) is 51.0 Å². The quantitative estimate of drug-likeness (QED) is 0.805. The molecule has 0 amide bonds. The molecular weight excluding hydrogens is 332 g/mol. The van der Waals surface area contributed by atoms with Crippen LogP contribution in [0.25, 0.3) is 0 Å². The Bertz CT molecular complexity index is 721. The Morgan fingerprint density at radius 3 is 2.77 bits per heavy atom. The van der Waals surface area contributed by atoms with Crippen molar-refractivity contribution in [2.24, 2.45) is 0 Å². The lowest BCUT2D eigenvalue weighted by atomic mass is 10.1. The van der Waals surface area contributed by atoms with Crippen molar-refractivity contribution in [3.8, 4) is 0 Å². The first-order chi connectivity index (χ1) is 12.4. The van der Waals surface area contributed by atoms with Gasteiger partial charge in [0.1, 0.15) is 18.0 Å². The smallest absolute Gasteiger partial charge is 0.419 e. The normalized spacial score (nSPS) is 20.3. The number of aromatic nitrogens is 2. The third-order valence-electron chi connectivity index (χ3n) is 4.06. The van der Waals surface area contributed by atoms with E-state index in [1.165, 1.54) is 10.9 Å². The molecule has 1 saturated heterocycles. The van der Waals surface area contributed by atoms with Crippen molar-refractivity contribution >= 4 is 6.09 Å². The van der Waals surface area contributed by atoms with Crippen molar-refractivity contribution in [3.63, 3.8) is 0 Å². The van der Waals surface area contributed by atoms with Crippen LogP contribution in [0.2, 0.25) is 0 Å². The van der Waals surface area contributed by atoms with Crippen LogP contribution in [-0.2, 0) is 20.8 Å². The van der Waals surface area contributed by atoms with E-state index in [9.17, 15) is 4.79 Å². The molecule has 26 heavy (non-hydrogen) atoms. The molecule has 0 radical (unpaired) electrons. The fourth-order valence-electron chi connectivity index (χ4n) is 2.85. The van der Waals surface area contributed by atoms with Crippen molar-refractivity contribution in [3.05, 3.63) is 54.1 Å². The number of imidazole rings is 1.